The predicted molar refractivity (Wildman–Crippen MR) is 106 cm³/mol. The van der Waals surface area contributed by atoms with Gasteiger partial charge in [-0.25, -0.2) is 12.4 Å². The first kappa shape index (κ1) is 19.3. The maximum Gasteiger partial charge on any atom is 0.271 e. The van der Waals surface area contributed by atoms with Gasteiger partial charge in [-0.15, -0.1) is 0 Å². The molecule has 0 radical (unpaired) electrons. The average molecular weight is 388 g/mol. The molecule has 0 amide bonds. The van der Waals surface area contributed by atoms with E-state index >= 15 is 0 Å². The van der Waals surface area contributed by atoms with Crippen LogP contribution in [-0.2, 0) is 16.6 Å². The molecular weight excluding hydrogens is 364 g/mol. The Bertz CT molecular complexity index is 1080. The van der Waals surface area contributed by atoms with Crippen molar-refractivity contribution in [3.63, 3.8) is 0 Å². The quantitative estimate of drug-likeness (QED) is 0.649. The van der Waals surface area contributed by atoms with Crippen molar-refractivity contribution in [2.24, 2.45) is 0 Å². The molecular formula is C20H24N2O4S. The maximum atomic E-state index is 13.4. The Morgan fingerprint density at radius 2 is 1.67 bits per heavy atom. The molecule has 0 unspecified atom stereocenters. The third-order valence-electron chi connectivity index (χ3n) is 4.46. The summed E-state index contributed by atoms with van der Waals surface area (Å²) in [5, 5.41) is 0.846. The highest BCUT2D eigenvalue weighted by Crippen LogP contribution is 2.33. The van der Waals surface area contributed by atoms with Gasteiger partial charge in [-0.2, -0.15) is 0 Å². The number of hydrogen-bond acceptors (Lipinski definition) is 5. The van der Waals surface area contributed by atoms with E-state index in [4.69, 9.17) is 9.47 Å². The van der Waals surface area contributed by atoms with Crippen LogP contribution in [0.1, 0.15) is 11.1 Å². The first-order valence-corrected chi connectivity index (χ1v) is 9.95. The van der Waals surface area contributed by atoms with Crippen LogP contribution in [0, 0.1) is 6.92 Å². The lowest BCUT2D eigenvalue weighted by molar-refractivity contribution is 0.374. The highest BCUT2D eigenvalue weighted by molar-refractivity contribution is 7.90. The van der Waals surface area contributed by atoms with E-state index in [9.17, 15) is 8.42 Å². The Morgan fingerprint density at radius 3 is 2.30 bits per heavy atom. The van der Waals surface area contributed by atoms with Crippen LogP contribution in [0.25, 0.3) is 10.9 Å². The number of hydrogen-bond donors (Lipinski definition) is 0. The highest BCUT2D eigenvalue weighted by atomic mass is 32.2. The Morgan fingerprint density at radius 1 is 1.00 bits per heavy atom. The summed E-state index contributed by atoms with van der Waals surface area (Å²) in [7, 11) is 3.20. The topological polar surface area (TPSA) is 60.8 Å². The van der Waals surface area contributed by atoms with Gasteiger partial charge in [-0.05, 0) is 56.9 Å². The zero-order valence-corrected chi connectivity index (χ0v) is 17.0. The van der Waals surface area contributed by atoms with Crippen molar-refractivity contribution < 1.29 is 17.9 Å². The Kier molecular flexibility index (Phi) is 5.17. The normalized spacial score (nSPS) is 11.9. The second-order valence-corrected chi connectivity index (χ2v) is 8.47. The Hall–Kier alpha value is -2.51. The number of ether oxygens (including phenoxy) is 2. The van der Waals surface area contributed by atoms with Crippen molar-refractivity contribution in [2.45, 2.75) is 18.4 Å². The first-order chi connectivity index (χ1) is 12.8. The number of fused-ring (bicyclic) bond motifs is 1. The molecule has 0 aliphatic rings. The van der Waals surface area contributed by atoms with Gasteiger partial charge < -0.3 is 14.4 Å². The number of aromatic nitrogens is 1. The fourth-order valence-corrected chi connectivity index (χ4v) is 4.80. The monoisotopic (exact) mass is 388 g/mol. The van der Waals surface area contributed by atoms with E-state index in [2.05, 4.69) is 0 Å². The van der Waals surface area contributed by atoms with Gasteiger partial charge >= 0.3 is 0 Å². The largest absolute Gasteiger partial charge is 0.496 e. The summed E-state index contributed by atoms with van der Waals surface area (Å²) >= 11 is 0. The molecule has 1 heterocycles. The predicted octanol–water partition coefficient (Wildman–Crippen LogP) is 3.27. The van der Waals surface area contributed by atoms with Gasteiger partial charge in [0.05, 0.1) is 19.7 Å². The number of rotatable bonds is 6. The molecule has 144 valence electrons. The molecule has 0 aliphatic carbocycles. The van der Waals surface area contributed by atoms with Crippen LogP contribution in [-0.4, -0.2) is 45.6 Å². The molecule has 0 aliphatic heterocycles. The van der Waals surface area contributed by atoms with Gasteiger partial charge in [0.15, 0.2) is 0 Å². The van der Waals surface area contributed by atoms with E-state index in [1.807, 2.05) is 38.1 Å². The molecule has 3 aromatic rings. The molecule has 0 fully saturated rings. The molecule has 0 saturated carbocycles. The lowest BCUT2D eigenvalue weighted by Gasteiger charge is -2.16. The van der Waals surface area contributed by atoms with Gasteiger partial charge in [-0.3, -0.25) is 0 Å². The fraction of sp³-hybridized carbons (Fsp3) is 0.300. The van der Waals surface area contributed by atoms with Crippen LogP contribution in [0.15, 0.2) is 47.5 Å². The number of benzene rings is 2. The van der Waals surface area contributed by atoms with E-state index < -0.39 is 10.0 Å². The van der Waals surface area contributed by atoms with E-state index in [1.54, 1.807) is 37.6 Å². The summed E-state index contributed by atoms with van der Waals surface area (Å²) in [5.74, 6) is 1.06. The number of aryl methyl sites for hydroxylation is 1. The molecule has 7 heteroatoms. The zero-order chi connectivity index (χ0) is 19.8. The molecule has 1 aromatic heterocycles. The van der Waals surface area contributed by atoms with Crippen LogP contribution in [0.2, 0.25) is 0 Å². The third kappa shape index (κ3) is 3.40. The molecule has 0 N–H and O–H groups in total. The first-order valence-electron chi connectivity index (χ1n) is 8.51. The molecule has 27 heavy (non-hydrogen) atoms. The molecule has 0 spiro atoms. The molecule has 0 saturated heterocycles. The molecule has 0 bridgehead atoms. The molecule has 3 rings (SSSR count). The standard InChI is InChI=1S/C20H24N2O4S/c1-14-6-8-19(26-5)20(12-14)27(23,24)22-11-10-15-16(13-21(2)3)18(25-4)9-7-17(15)22/h6-12H,13H2,1-5H3. The van der Waals surface area contributed by atoms with Crippen LogP contribution in [0.5, 0.6) is 11.5 Å². The van der Waals surface area contributed by atoms with Crippen LogP contribution >= 0.6 is 0 Å². The van der Waals surface area contributed by atoms with E-state index in [1.165, 1.54) is 11.1 Å². The van der Waals surface area contributed by atoms with E-state index in [0.29, 0.717) is 17.8 Å². The van der Waals surface area contributed by atoms with Crippen molar-refractivity contribution in [3.8, 4) is 11.5 Å². The Balaban J connectivity index is 2.25. The van der Waals surface area contributed by atoms with Crippen LogP contribution < -0.4 is 9.47 Å². The van der Waals surface area contributed by atoms with Crippen LogP contribution in [0.4, 0.5) is 0 Å². The van der Waals surface area contributed by atoms with Crippen molar-refractivity contribution in [3.05, 3.63) is 53.7 Å². The molecule has 2 aromatic carbocycles. The molecule has 6 nitrogen and oxygen atoms in total. The average Bonchev–Trinajstić information content (AvgIpc) is 3.07. The summed E-state index contributed by atoms with van der Waals surface area (Å²) in [6.07, 6.45) is 1.58. The number of nitrogens with zero attached hydrogens (tertiary/aromatic N) is 2. The van der Waals surface area contributed by atoms with Gasteiger partial charge in [0.2, 0.25) is 0 Å². The van der Waals surface area contributed by atoms with Crippen molar-refractivity contribution in [1.82, 2.24) is 8.87 Å². The summed E-state index contributed by atoms with van der Waals surface area (Å²) < 4.78 is 38.8. The lowest BCUT2D eigenvalue weighted by Crippen LogP contribution is -2.14. The van der Waals surface area contributed by atoms with Crippen molar-refractivity contribution >= 4 is 20.9 Å². The van der Waals surface area contributed by atoms with Gasteiger partial charge in [0.1, 0.15) is 16.4 Å². The molecule has 0 atom stereocenters. The minimum absolute atomic E-state index is 0.146. The smallest absolute Gasteiger partial charge is 0.271 e. The minimum atomic E-state index is -3.82. The van der Waals surface area contributed by atoms with Crippen molar-refractivity contribution in [2.75, 3.05) is 28.3 Å². The van der Waals surface area contributed by atoms with Crippen LogP contribution in [0.3, 0.4) is 0 Å². The van der Waals surface area contributed by atoms with E-state index in [0.717, 1.165) is 22.3 Å². The van der Waals surface area contributed by atoms with Gasteiger partial charge in [0, 0.05) is 23.7 Å². The summed E-state index contributed by atoms with van der Waals surface area (Å²) in [6.45, 7) is 2.49. The maximum absolute atomic E-state index is 13.4. The Labute approximate surface area is 160 Å². The van der Waals surface area contributed by atoms with Gasteiger partial charge in [0.25, 0.3) is 10.0 Å². The minimum Gasteiger partial charge on any atom is -0.496 e. The summed E-state index contributed by atoms with van der Waals surface area (Å²) in [4.78, 5) is 2.17. The lowest BCUT2D eigenvalue weighted by atomic mass is 10.1. The fourth-order valence-electron chi connectivity index (χ4n) is 3.20. The number of methoxy groups -OCH3 is 2. The third-order valence-corrected chi connectivity index (χ3v) is 6.17. The SMILES string of the molecule is COc1ccc(C)cc1S(=O)(=O)n1ccc2c(CN(C)C)c(OC)ccc21. The van der Waals surface area contributed by atoms with E-state index in [-0.39, 0.29) is 4.90 Å². The highest BCUT2D eigenvalue weighted by Gasteiger charge is 2.24. The second-order valence-electron chi connectivity index (χ2n) is 6.69. The van der Waals surface area contributed by atoms with Crippen molar-refractivity contribution in [1.29, 1.82) is 0 Å². The summed E-state index contributed by atoms with van der Waals surface area (Å²) in [5.41, 5.74) is 2.40. The summed E-state index contributed by atoms with van der Waals surface area (Å²) in [6, 6.07) is 10.5. The second kappa shape index (κ2) is 7.25. The zero-order valence-electron chi connectivity index (χ0n) is 16.2. The van der Waals surface area contributed by atoms with Gasteiger partial charge in [-0.1, -0.05) is 6.07 Å².